The normalized spacial score (nSPS) is 9.92. The second kappa shape index (κ2) is 3.45. The van der Waals surface area contributed by atoms with E-state index < -0.39 is 0 Å². The fourth-order valence-electron chi connectivity index (χ4n) is 0.977. The van der Waals surface area contributed by atoms with E-state index in [9.17, 15) is 5.11 Å². The highest BCUT2D eigenvalue weighted by Crippen LogP contribution is 2.22. The van der Waals surface area contributed by atoms with Crippen molar-refractivity contribution in [3.05, 3.63) is 23.8 Å². The van der Waals surface area contributed by atoms with Crippen LogP contribution in [0.25, 0.3) is 0 Å². The van der Waals surface area contributed by atoms with Gasteiger partial charge >= 0.3 is 0 Å². The number of phenols is 1. The number of nitrogens with zero attached hydrogens (tertiary/aromatic N) is 1. The van der Waals surface area contributed by atoms with Crippen molar-refractivity contribution in [3.8, 4) is 5.75 Å². The fourth-order valence-corrected chi connectivity index (χ4v) is 0.977. The molecule has 0 atom stereocenters. The van der Waals surface area contributed by atoms with Crippen LogP contribution in [-0.2, 0) is 6.61 Å². The molecule has 0 unspecified atom stereocenters. The Balaban J connectivity index is 3.05. The van der Waals surface area contributed by atoms with Crippen molar-refractivity contribution in [2.45, 2.75) is 6.61 Å². The Hall–Kier alpha value is -1.22. The van der Waals surface area contributed by atoms with Gasteiger partial charge in [0.1, 0.15) is 5.75 Å². The first kappa shape index (κ1) is 8.87. The third kappa shape index (κ3) is 1.68. The maximum atomic E-state index is 9.24. The Morgan fingerprint density at radius 1 is 1.33 bits per heavy atom. The van der Waals surface area contributed by atoms with Crippen LogP contribution < -0.4 is 4.90 Å². The van der Waals surface area contributed by atoms with E-state index in [0.717, 1.165) is 5.69 Å². The summed E-state index contributed by atoms with van der Waals surface area (Å²) in [7, 11) is 3.82. The minimum absolute atomic E-state index is 0.131. The molecule has 0 radical (unpaired) electrons. The molecule has 1 rings (SSSR count). The van der Waals surface area contributed by atoms with Crippen molar-refractivity contribution in [2.75, 3.05) is 19.0 Å². The average molecular weight is 167 g/mol. The van der Waals surface area contributed by atoms with Crippen LogP contribution in [0.4, 0.5) is 5.69 Å². The summed E-state index contributed by atoms with van der Waals surface area (Å²) in [4.78, 5) is 1.92. The lowest BCUT2D eigenvalue weighted by Gasteiger charge is -2.13. The van der Waals surface area contributed by atoms with E-state index in [-0.39, 0.29) is 12.4 Å². The summed E-state index contributed by atoms with van der Waals surface area (Å²) in [5.41, 5.74) is 1.53. The fraction of sp³-hybridized carbons (Fsp3) is 0.333. The van der Waals surface area contributed by atoms with E-state index in [1.54, 1.807) is 18.2 Å². The summed E-state index contributed by atoms with van der Waals surface area (Å²) in [6.07, 6.45) is 0. The van der Waals surface area contributed by atoms with Crippen LogP contribution in [0.3, 0.4) is 0 Å². The number of hydrogen-bond donors (Lipinski definition) is 2. The summed E-state index contributed by atoms with van der Waals surface area (Å²) < 4.78 is 0. The number of aromatic hydroxyl groups is 1. The Labute approximate surface area is 71.9 Å². The summed E-state index contributed by atoms with van der Waals surface area (Å²) >= 11 is 0. The Kier molecular flexibility index (Phi) is 2.55. The van der Waals surface area contributed by atoms with E-state index in [1.165, 1.54) is 0 Å². The second-order valence-electron chi connectivity index (χ2n) is 2.87. The van der Waals surface area contributed by atoms with Crippen molar-refractivity contribution < 1.29 is 10.2 Å². The lowest BCUT2D eigenvalue weighted by Crippen LogP contribution is -2.08. The number of anilines is 1. The minimum Gasteiger partial charge on any atom is -0.508 e. The zero-order chi connectivity index (χ0) is 9.14. The van der Waals surface area contributed by atoms with Crippen LogP contribution >= 0.6 is 0 Å². The Morgan fingerprint density at radius 2 is 2.00 bits per heavy atom. The maximum absolute atomic E-state index is 9.24. The van der Waals surface area contributed by atoms with E-state index >= 15 is 0 Å². The predicted octanol–water partition coefficient (Wildman–Crippen LogP) is 0.950. The summed E-state index contributed by atoms with van der Waals surface area (Å²) in [5.74, 6) is 0.142. The molecule has 2 N–H and O–H groups in total. The molecule has 0 aliphatic rings. The highest BCUT2D eigenvalue weighted by molar-refractivity contribution is 5.51. The van der Waals surface area contributed by atoms with E-state index in [2.05, 4.69) is 0 Å². The second-order valence-corrected chi connectivity index (χ2v) is 2.87. The van der Waals surface area contributed by atoms with Crippen LogP contribution in [0.5, 0.6) is 5.75 Å². The van der Waals surface area contributed by atoms with Gasteiger partial charge in [0.15, 0.2) is 0 Å². The van der Waals surface area contributed by atoms with Crippen LogP contribution in [0.2, 0.25) is 0 Å². The monoisotopic (exact) mass is 167 g/mol. The van der Waals surface area contributed by atoms with Gasteiger partial charge in [0.05, 0.1) is 6.61 Å². The van der Waals surface area contributed by atoms with Crippen LogP contribution in [-0.4, -0.2) is 24.3 Å². The molecule has 0 fully saturated rings. The molecule has 0 spiro atoms. The van der Waals surface area contributed by atoms with Crippen LogP contribution in [0.15, 0.2) is 18.2 Å². The lowest BCUT2D eigenvalue weighted by atomic mass is 10.2. The molecule has 0 aliphatic heterocycles. The molecule has 66 valence electrons. The molecule has 1 aromatic rings. The molecule has 0 saturated heterocycles. The molecule has 3 heteroatoms. The minimum atomic E-state index is -0.131. The number of hydrogen-bond acceptors (Lipinski definition) is 3. The SMILES string of the molecule is CN(C)c1ccc(O)c(CO)c1. The molecular formula is C9H13NO2. The zero-order valence-corrected chi connectivity index (χ0v) is 7.28. The zero-order valence-electron chi connectivity index (χ0n) is 7.28. The molecule has 3 nitrogen and oxygen atoms in total. The first-order valence-electron chi connectivity index (χ1n) is 3.75. The number of aliphatic hydroxyl groups is 1. The summed E-state index contributed by atoms with van der Waals surface area (Å²) in [6, 6.07) is 5.14. The lowest BCUT2D eigenvalue weighted by molar-refractivity contribution is 0.275. The van der Waals surface area contributed by atoms with Gasteiger partial charge in [0.2, 0.25) is 0 Å². The van der Waals surface area contributed by atoms with Gasteiger partial charge in [-0.3, -0.25) is 0 Å². The van der Waals surface area contributed by atoms with Gasteiger partial charge in [-0.15, -0.1) is 0 Å². The molecule has 0 amide bonds. The van der Waals surface area contributed by atoms with Crippen molar-refractivity contribution in [3.63, 3.8) is 0 Å². The molecule has 0 heterocycles. The largest absolute Gasteiger partial charge is 0.508 e. The van der Waals surface area contributed by atoms with Gasteiger partial charge in [0.25, 0.3) is 0 Å². The molecule has 0 aromatic heterocycles. The standard InChI is InChI=1S/C9H13NO2/c1-10(2)8-3-4-9(12)7(5-8)6-11/h3-5,11-12H,6H2,1-2H3. The number of rotatable bonds is 2. The smallest absolute Gasteiger partial charge is 0.121 e. The third-order valence-electron chi connectivity index (χ3n) is 1.75. The number of benzene rings is 1. The van der Waals surface area contributed by atoms with E-state index in [0.29, 0.717) is 5.56 Å². The molecule has 0 bridgehead atoms. The predicted molar refractivity (Wildman–Crippen MR) is 48.4 cm³/mol. The maximum Gasteiger partial charge on any atom is 0.121 e. The first-order chi connectivity index (χ1) is 5.65. The molecule has 1 aromatic carbocycles. The van der Waals surface area contributed by atoms with Gasteiger partial charge in [-0.25, -0.2) is 0 Å². The van der Waals surface area contributed by atoms with Crippen LogP contribution in [0.1, 0.15) is 5.56 Å². The number of aliphatic hydroxyl groups excluding tert-OH is 1. The van der Waals surface area contributed by atoms with Gasteiger partial charge in [-0.05, 0) is 18.2 Å². The first-order valence-corrected chi connectivity index (χ1v) is 3.75. The van der Waals surface area contributed by atoms with Crippen molar-refractivity contribution in [2.24, 2.45) is 0 Å². The summed E-state index contributed by atoms with van der Waals surface area (Å²) in [6.45, 7) is -0.131. The van der Waals surface area contributed by atoms with Gasteiger partial charge in [-0.1, -0.05) is 0 Å². The summed E-state index contributed by atoms with van der Waals surface area (Å²) in [5, 5.41) is 18.1. The quantitative estimate of drug-likeness (QED) is 0.689. The molecular weight excluding hydrogens is 154 g/mol. The molecule has 12 heavy (non-hydrogen) atoms. The highest BCUT2D eigenvalue weighted by Gasteiger charge is 2.01. The van der Waals surface area contributed by atoms with E-state index in [1.807, 2.05) is 19.0 Å². The molecule has 0 aliphatic carbocycles. The highest BCUT2D eigenvalue weighted by atomic mass is 16.3. The van der Waals surface area contributed by atoms with E-state index in [4.69, 9.17) is 5.11 Å². The van der Waals surface area contributed by atoms with Crippen molar-refractivity contribution >= 4 is 5.69 Å². The van der Waals surface area contributed by atoms with Gasteiger partial charge < -0.3 is 15.1 Å². The van der Waals surface area contributed by atoms with Gasteiger partial charge in [0, 0.05) is 25.3 Å². The third-order valence-corrected chi connectivity index (χ3v) is 1.75. The van der Waals surface area contributed by atoms with Crippen LogP contribution in [0, 0.1) is 0 Å². The Morgan fingerprint density at radius 3 is 2.50 bits per heavy atom. The molecule has 0 saturated carbocycles. The Bertz CT molecular complexity index is 271. The van der Waals surface area contributed by atoms with Gasteiger partial charge in [-0.2, -0.15) is 0 Å². The van der Waals surface area contributed by atoms with Crippen molar-refractivity contribution in [1.82, 2.24) is 0 Å². The topological polar surface area (TPSA) is 43.7 Å². The average Bonchev–Trinajstić information content (AvgIpc) is 2.05. The van der Waals surface area contributed by atoms with Crippen molar-refractivity contribution in [1.29, 1.82) is 0 Å².